The Hall–Kier alpha value is -0.720. The lowest BCUT2D eigenvalue weighted by Gasteiger charge is -2.31. The molecule has 1 unspecified atom stereocenters. The molecule has 0 saturated carbocycles. The highest BCUT2D eigenvalue weighted by Gasteiger charge is 2.23. The molecule has 0 aliphatic carbocycles. The fourth-order valence-electron chi connectivity index (χ4n) is 4.37. The lowest BCUT2D eigenvalue weighted by molar-refractivity contribution is -0.868. The van der Waals surface area contributed by atoms with Crippen LogP contribution in [0.1, 0.15) is 129 Å². The number of nitrogens with zero attached hydrogens (tertiary/aromatic N) is 1. The number of hydrogen-bond acceptors (Lipinski definition) is 5. The van der Waals surface area contributed by atoms with Gasteiger partial charge in [-0.1, -0.05) is 116 Å². The smallest absolute Gasteiger partial charge is 0.220 e. The van der Waals surface area contributed by atoms with Crippen LogP contribution in [0.2, 0.25) is 0 Å². The molecule has 1 amide bonds. The molecule has 2 N–H and O–H groups in total. The number of quaternary nitrogens is 1. The van der Waals surface area contributed by atoms with Crippen molar-refractivity contribution in [3.63, 3.8) is 0 Å². The Labute approximate surface area is 241 Å². The predicted octanol–water partition coefficient (Wildman–Crippen LogP) is 6.73. The largest absolute Gasteiger partial charge is 0.778 e. The summed E-state index contributed by atoms with van der Waals surface area (Å²) in [4.78, 5) is 24.9. The topological polar surface area (TPSA) is 98.7 Å². The summed E-state index contributed by atoms with van der Waals surface area (Å²) >= 11 is 0. The standard InChI is InChI=1S/C31H63N2O5P/c1-6-8-10-12-13-14-15-16-17-18-19-21-22-24-30(34)29(32-31(35)25-23-20-11-9-7-2)28-38-39(36,37)27-26-33(3,4)5/h22,24,29-30,34H,6-21,23,25-28H2,1-5H3,(H-,32,35,36,37)/b24-22+/t29-,30+/m0/s1. The van der Waals surface area contributed by atoms with Crippen molar-refractivity contribution in [2.45, 2.75) is 142 Å². The fraction of sp³-hybridized carbons (Fsp3) is 0.903. The Bertz CT molecular complexity index is 666. The predicted molar refractivity (Wildman–Crippen MR) is 163 cm³/mol. The van der Waals surface area contributed by atoms with Crippen LogP contribution in [0, 0.1) is 0 Å². The Balaban J connectivity index is 4.54. The summed E-state index contributed by atoms with van der Waals surface area (Å²) in [7, 11) is 1.70. The highest BCUT2D eigenvalue weighted by atomic mass is 31.2. The Morgan fingerprint density at radius 3 is 1.87 bits per heavy atom. The minimum atomic E-state index is -4.07. The molecule has 0 aliphatic rings. The molecule has 0 fully saturated rings. The van der Waals surface area contributed by atoms with Crippen molar-refractivity contribution >= 4 is 13.5 Å². The van der Waals surface area contributed by atoms with Gasteiger partial charge in [0.15, 0.2) is 0 Å². The average molecular weight is 575 g/mol. The zero-order chi connectivity index (χ0) is 29.4. The molecule has 0 aliphatic heterocycles. The van der Waals surface area contributed by atoms with Crippen LogP contribution in [0.15, 0.2) is 12.2 Å². The zero-order valence-corrected chi connectivity index (χ0v) is 27.0. The molecule has 0 spiro atoms. The molecule has 0 radical (unpaired) electrons. The molecule has 232 valence electrons. The van der Waals surface area contributed by atoms with Gasteiger partial charge in [0.05, 0.1) is 52.6 Å². The van der Waals surface area contributed by atoms with Crippen LogP contribution < -0.4 is 10.2 Å². The lowest BCUT2D eigenvalue weighted by Crippen LogP contribution is -2.46. The number of amides is 1. The molecule has 3 atom stereocenters. The Morgan fingerprint density at radius 1 is 0.872 bits per heavy atom. The number of nitrogens with one attached hydrogen (secondary N) is 1. The van der Waals surface area contributed by atoms with E-state index in [1.807, 2.05) is 27.2 Å². The molecule has 0 aromatic carbocycles. The highest BCUT2D eigenvalue weighted by molar-refractivity contribution is 7.51. The van der Waals surface area contributed by atoms with Crippen LogP contribution in [0.5, 0.6) is 0 Å². The minimum Gasteiger partial charge on any atom is -0.778 e. The summed E-state index contributed by atoms with van der Waals surface area (Å²) in [6.45, 7) is 4.57. The minimum absolute atomic E-state index is 0.0839. The van der Waals surface area contributed by atoms with Crippen LogP contribution in [-0.4, -0.2) is 68.1 Å². The first-order valence-corrected chi connectivity index (χ1v) is 17.6. The van der Waals surface area contributed by atoms with E-state index in [2.05, 4.69) is 19.2 Å². The third kappa shape index (κ3) is 26.0. The molecule has 0 heterocycles. The van der Waals surface area contributed by atoms with Gasteiger partial charge >= 0.3 is 0 Å². The van der Waals surface area contributed by atoms with Gasteiger partial charge in [0.1, 0.15) is 7.60 Å². The van der Waals surface area contributed by atoms with Crippen molar-refractivity contribution in [3.05, 3.63) is 12.2 Å². The van der Waals surface area contributed by atoms with Gasteiger partial charge in [0, 0.05) is 6.42 Å². The highest BCUT2D eigenvalue weighted by Crippen LogP contribution is 2.37. The van der Waals surface area contributed by atoms with Crippen molar-refractivity contribution in [2.75, 3.05) is 40.5 Å². The molecule has 7 nitrogen and oxygen atoms in total. The Kier molecular flexibility index (Phi) is 23.5. The van der Waals surface area contributed by atoms with E-state index in [0.717, 1.165) is 44.9 Å². The van der Waals surface area contributed by atoms with Gasteiger partial charge in [-0.25, -0.2) is 0 Å². The SMILES string of the molecule is CCCCCCCCCCCCC/C=C/[C@@H](O)[C@H](COP(=O)([O-])CC[N+](C)(C)C)NC(=O)CCCCCCC. The molecule has 0 rings (SSSR count). The van der Waals surface area contributed by atoms with Crippen molar-refractivity contribution in [1.82, 2.24) is 5.32 Å². The van der Waals surface area contributed by atoms with E-state index in [4.69, 9.17) is 4.52 Å². The van der Waals surface area contributed by atoms with Gasteiger partial charge in [-0.2, -0.15) is 0 Å². The number of aliphatic hydroxyl groups is 1. The van der Waals surface area contributed by atoms with E-state index < -0.39 is 19.7 Å². The third-order valence-electron chi connectivity index (χ3n) is 7.07. The number of carbonyl (C=O) groups excluding carboxylic acids is 1. The van der Waals surface area contributed by atoms with Crippen LogP contribution in [0.4, 0.5) is 0 Å². The molecular weight excluding hydrogens is 511 g/mol. The van der Waals surface area contributed by atoms with E-state index in [9.17, 15) is 19.4 Å². The quantitative estimate of drug-likeness (QED) is 0.0491. The molecule has 39 heavy (non-hydrogen) atoms. The summed E-state index contributed by atoms with van der Waals surface area (Å²) in [5.74, 6) is -0.176. The van der Waals surface area contributed by atoms with Gasteiger partial charge < -0.3 is 28.9 Å². The molecular formula is C31H63N2O5P. The molecule has 0 aromatic rings. The summed E-state index contributed by atoms with van der Waals surface area (Å²) in [5.41, 5.74) is 0. The zero-order valence-electron chi connectivity index (χ0n) is 26.1. The molecule has 0 aromatic heterocycles. The molecule has 0 bridgehead atoms. The van der Waals surface area contributed by atoms with Gasteiger partial charge in [-0.15, -0.1) is 0 Å². The fourth-order valence-corrected chi connectivity index (χ4v) is 5.73. The van der Waals surface area contributed by atoms with Crippen LogP contribution in [-0.2, 0) is 13.9 Å². The van der Waals surface area contributed by atoms with Crippen molar-refractivity contribution < 1.29 is 28.4 Å². The summed E-state index contributed by atoms with van der Waals surface area (Å²) < 4.78 is 18.2. The first-order valence-electron chi connectivity index (χ1n) is 15.9. The summed E-state index contributed by atoms with van der Waals surface area (Å²) in [5, 5.41) is 13.6. The number of aliphatic hydroxyl groups excluding tert-OH is 1. The number of unbranched alkanes of at least 4 members (excludes halogenated alkanes) is 15. The number of carbonyl (C=O) groups is 1. The van der Waals surface area contributed by atoms with E-state index in [-0.39, 0.29) is 18.7 Å². The second-order valence-electron chi connectivity index (χ2n) is 12.2. The normalized spacial score (nSPS) is 15.4. The van der Waals surface area contributed by atoms with Gasteiger partial charge in [-0.05, 0) is 19.3 Å². The molecule has 8 heteroatoms. The van der Waals surface area contributed by atoms with Crippen molar-refractivity contribution in [1.29, 1.82) is 0 Å². The van der Waals surface area contributed by atoms with Crippen LogP contribution >= 0.6 is 7.60 Å². The van der Waals surface area contributed by atoms with E-state index in [0.29, 0.717) is 17.4 Å². The van der Waals surface area contributed by atoms with Crippen molar-refractivity contribution in [2.24, 2.45) is 0 Å². The van der Waals surface area contributed by atoms with E-state index in [1.165, 1.54) is 64.2 Å². The second kappa shape index (κ2) is 23.9. The Morgan fingerprint density at radius 2 is 1.36 bits per heavy atom. The van der Waals surface area contributed by atoms with Gasteiger partial charge in [0.2, 0.25) is 5.91 Å². The maximum Gasteiger partial charge on any atom is 0.220 e. The monoisotopic (exact) mass is 574 g/mol. The number of allylic oxidation sites excluding steroid dienone is 1. The van der Waals surface area contributed by atoms with Gasteiger partial charge in [-0.3, -0.25) is 4.79 Å². The van der Waals surface area contributed by atoms with Crippen LogP contribution in [0.3, 0.4) is 0 Å². The first-order chi connectivity index (χ1) is 18.5. The lowest BCUT2D eigenvalue weighted by atomic mass is 10.0. The maximum absolute atomic E-state index is 12.5. The maximum atomic E-state index is 12.5. The van der Waals surface area contributed by atoms with E-state index in [1.54, 1.807) is 6.08 Å². The first kappa shape index (κ1) is 38.3. The second-order valence-corrected chi connectivity index (χ2v) is 14.2. The third-order valence-corrected chi connectivity index (χ3v) is 8.36. The number of hydrogen-bond donors (Lipinski definition) is 2. The summed E-state index contributed by atoms with van der Waals surface area (Å²) in [6.07, 6.45) is 23.1. The molecule has 0 saturated heterocycles. The van der Waals surface area contributed by atoms with Crippen LogP contribution in [0.25, 0.3) is 0 Å². The van der Waals surface area contributed by atoms with Crippen molar-refractivity contribution in [3.8, 4) is 0 Å². The number of rotatable bonds is 27. The summed E-state index contributed by atoms with van der Waals surface area (Å²) in [6, 6.07) is -0.798. The van der Waals surface area contributed by atoms with Gasteiger partial charge in [0.25, 0.3) is 0 Å². The van der Waals surface area contributed by atoms with E-state index >= 15 is 0 Å². The average Bonchev–Trinajstić information content (AvgIpc) is 2.87.